The lowest BCUT2D eigenvalue weighted by atomic mass is 9.84. The number of nitrogens with zero attached hydrogens (tertiary/aromatic N) is 4. The largest absolute Gasteiger partial charge is 0.264 e. The van der Waals surface area contributed by atoms with Crippen LogP contribution in [0, 0.1) is 0 Å². The summed E-state index contributed by atoms with van der Waals surface area (Å²) >= 11 is 0. The van der Waals surface area contributed by atoms with Crippen LogP contribution in [0.15, 0.2) is 182 Å². The minimum absolute atomic E-state index is 0.637. The van der Waals surface area contributed by atoms with Crippen molar-refractivity contribution < 1.29 is 0 Å². The van der Waals surface area contributed by atoms with Crippen molar-refractivity contribution in [2.24, 2.45) is 0 Å². The number of hydrogen-bond acceptors (Lipinski definition) is 4. The molecule has 0 saturated heterocycles. The van der Waals surface area contributed by atoms with E-state index in [-0.39, 0.29) is 0 Å². The van der Waals surface area contributed by atoms with Gasteiger partial charge in [-0.3, -0.25) is 4.98 Å². The van der Waals surface area contributed by atoms with Crippen molar-refractivity contribution in [3.63, 3.8) is 0 Å². The van der Waals surface area contributed by atoms with Gasteiger partial charge >= 0.3 is 0 Å². The number of fused-ring (bicyclic) bond motifs is 3. The van der Waals surface area contributed by atoms with Crippen LogP contribution in [0.1, 0.15) is 0 Å². The summed E-state index contributed by atoms with van der Waals surface area (Å²) in [7, 11) is 0. The molecule has 9 aromatic rings. The van der Waals surface area contributed by atoms with Crippen molar-refractivity contribution in [3.05, 3.63) is 182 Å². The van der Waals surface area contributed by atoms with Crippen LogP contribution in [0.3, 0.4) is 0 Å². The number of rotatable bonds is 6. The second-order valence-electron chi connectivity index (χ2n) is 12.3. The lowest BCUT2D eigenvalue weighted by Crippen LogP contribution is -2.00. The minimum atomic E-state index is 0.637. The Morgan fingerprint density at radius 2 is 0.760 bits per heavy atom. The molecule has 0 saturated carbocycles. The average molecular weight is 639 g/mol. The second kappa shape index (κ2) is 12.7. The first-order valence-corrected chi connectivity index (χ1v) is 16.7. The summed E-state index contributed by atoms with van der Waals surface area (Å²) in [5.41, 5.74) is 9.73. The summed E-state index contributed by atoms with van der Waals surface area (Å²) in [4.78, 5) is 19.3. The van der Waals surface area contributed by atoms with E-state index in [4.69, 9.17) is 15.0 Å². The quantitative estimate of drug-likeness (QED) is 0.170. The third-order valence-electron chi connectivity index (χ3n) is 9.19. The van der Waals surface area contributed by atoms with Crippen molar-refractivity contribution in [2.45, 2.75) is 0 Å². The van der Waals surface area contributed by atoms with Crippen LogP contribution in [0.5, 0.6) is 0 Å². The maximum absolute atomic E-state index is 4.98. The molecule has 0 amide bonds. The fraction of sp³-hybridized carbons (Fsp3) is 0. The molecule has 4 heteroatoms. The van der Waals surface area contributed by atoms with E-state index in [1.165, 1.54) is 38.2 Å². The van der Waals surface area contributed by atoms with E-state index in [1.807, 2.05) is 79.1 Å². The zero-order valence-electron chi connectivity index (χ0n) is 27.1. The fourth-order valence-corrected chi connectivity index (χ4v) is 6.86. The van der Waals surface area contributed by atoms with Crippen LogP contribution < -0.4 is 0 Å². The third-order valence-corrected chi connectivity index (χ3v) is 9.19. The summed E-state index contributed by atoms with van der Waals surface area (Å²) in [6.45, 7) is 0. The Kier molecular flexibility index (Phi) is 7.45. The summed E-state index contributed by atoms with van der Waals surface area (Å²) < 4.78 is 0. The molecule has 4 nitrogen and oxygen atoms in total. The Balaban J connectivity index is 1.23. The van der Waals surface area contributed by atoms with Crippen molar-refractivity contribution in [2.75, 3.05) is 0 Å². The number of aromatic nitrogens is 4. The lowest BCUT2D eigenvalue weighted by molar-refractivity contribution is 1.07. The third kappa shape index (κ3) is 5.39. The molecule has 0 spiro atoms. The van der Waals surface area contributed by atoms with E-state index in [9.17, 15) is 0 Å². The summed E-state index contributed by atoms with van der Waals surface area (Å²) in [6, 6.07) is 59.1. The van der Waals surface area contributed by atoms with Gasteiger partial charge in [-0.15, -0.1) is 0 Å². The highest BCUT2D eigenvalue weighted by molar-refractivity contribution is 6.22. The van der Waals surface area contributed by atoms with Crippen LogP contribution in [0.4, 0.5) is 0 Å². The highest BCUT2D eigenvalue weighted by Gasteiger charge is 2.19. The molecule has 50 heavy (non-hydrogen) atoms. The van der Waals surface area contributed by atoms with E-state index in [2.05, 4.69) is 108 Å². The Hall–Kier alpha value is -6.78. The Morgan fingerprint density at radius 3 is 1.40 bits per heavy atom. The van der Waals surface area contributed by atoms with Crippen LogP contribution in [0.2, 0.25) is 0 Å². The second-order valence-corrected chi connectivity index (χ2v) is 12.3. The predicted molar refractivity (Wildman–Crippen MR) is 205 cm³/mol. The molecule has 9 rings (SSSR count). The van der Waals surface area contributed by atoms with Gasteiger partial charge in [0.2, 0.25) is 0 Å². The van der Waals surface area contributed by atoms with Gasteiger partial charge in [0.15, 0.2) is 17.5 Å². The summed E-state index contributed by atoms with van der Waals surface area (Å²) in [6.07, 6.45) is 3.80. The average Bonchev–Trinajstić information content (AvgIpc) is 3.21. The Morgan fingerprint density at radius 1 is 0.280 bits per heavy atom. The molecule has 0 radical (unpaired) electrons. The molecule has 2 aromatic heterocycles. The van der Waals surface area contributed by atoms with Gasteiger partial charge in [-0.05, 0) is 67.6 Å². The van der Waals surface area contributed by atoms with Gasteiger partial charge in [0.25, 0.3) is 0 Å². The van der Waals surface area contributed by atoms with Gasteiger partial charge in [0, 0.05) is 34.6 Å². The van der Waals surface area contributed by atoms with Gasteiger partial charge in [-0.2, -0.15) is 0 Å². The fourth-order valence-electron chi connectivity index (χ4n) is 6.86. The van der Waals surface area contributed by atoms with Gasteiger partial charge in [-0.1, -0.05) is 152 Å². The van der Waals surface area contributed by atoms with Crippen molar-refractivity contribution in [3.8, 4) is 67.5 Å². The molecular weight excluding hydrogens is 609 g/mol. The SMILES string of the molecule is c1ccc(-c2nc(-c3ccccc3)nc(-c3cccc(-c4ccc5c(-c6ccccc6)c(-c6cccnc6)c6ccccc6c5c4)c3)n2)cc1. The first-order chi connectivity index (χ1) is 24.8. The maximum atomic E-state index is 4.98. The van der Waals surface area contributed by atoms with Crippen LogP contribution in [-0.2, 0) is 0 Å². The van der Waals surface area contributed by atoms with Crippen molar-refractivity contribution in [1.82, 2.24) is 19.9 Å². The molecule has 0 atom stereocenters. The zero-order valence-corrected chi connectivity index (χ0v) is 27.1. The van der Waals surface area contributed by atoms with Crippen molar-refractivity contribution >= 4 is 21.5 Å². The Bertz CT molecular complexity index is 2560. The first-order valence-electron chi connectivity index (χ1n) is 16.7. The van der Waals surface area contributed by atoms with E-state index in [0.29, 0.717) is 17.5 Å². The number of benzene rings is 7. The lowest BCUT2D eigenvalue weighted by Gasteiger charge is -2.19. The van der Waals surface area contributed by atoms with E-state index < -0.39 is 0 Å². The molecule has 0 N–H and O–H groups in total. The molecule has 0 bridgehead atoms. The molecular formula is C46H30N4. The Labute approximate surface area is 290 Å². The van der Waals surface area contributed by atoms with Crippen molar-refractivity contribution in [1.29, 1.82) is 0 Å². The zero-order chi connectivity index (χ0) is 33.3. The number of pyridine rings is 1. The topological polar surface area (TPSA) is 51.6 Å². The van der Waals surface area contributed by atoms with Crippen LogP contribution >= 0.6 is 0 Å². The highest BCUT2D eigenvalue weighted by Crippen LogP contribution is 2.45. The molecule has 0 fully saturated rings. The monoisotopic (exact) mass is 638 g/mol. The standard InChI is InChI=1S/C46H30N4/c1-4-14-31(15-5-1)42-40-26-25-35(29-41(40)38-23-10-11-24-39(38)43(42)37-22-13-27-47-30-37)34-20-12-21-36(28-34)46-49-44(32-16-6-2-7-17-32)48-45(50-46)33-18-8-3-9-19-33/h1-30H. The maximum Gasteiger partial charge on any atom is 0.164 e. The van der Waals surface area contributed by atoms with Gasteiger partial charge in [0.05, 0.1) is 0 Å². The van der Waals surface area contributed by atoms with Gasteiger partial charge in [-0.25, -0.2) is 15.0 Å². The minimum Gasteiger partial charge on any atom is -0.264 e. The first kappa shape index (κ1) is 29.4. The predicted octanol–water partition coefficient (Wildman–Crippen LogP) is 11.6. The van der Waals surface area contributed by atoms with Crippen LogP contribution in [0.25, 0.3) is 89.1 Å². The van der Waals surface area contributed by atoms with E-state index in [1.54, 1.807) is 0 Å². The van der Waals surface area contributed by atoms with Crippen LogP contribution in [-0.4, -0.2) is 19.9 Å². The molecule has 0 aliphatic rings. The molecule has 0 aliphatic heterocycles. The smallest absolute Gasteiger partial charge is 0.164 e. The number of hydrogen-bond donors (Lipinski definition) is 0. The normalized spacial score (nSPS) is 11.2. The van der Waals surface area contributed by atoms with Gasteiger partial charge < -0.3 is 0 Å². The highest BCUT2D eigenvalue weighted by atomic mass is 15.0. The van der Waals surface area contributed by atoms with Gasteiger partial charge in [0.1, 0.15) is 0 Å². The molecule has 7 aromatic carbocycles. The van der Waals surface area contributed by atoms with E-state index >= 15 is 0 Å². The molecule has 0 aliphatic carbocycles. The molecule has 234 valence electrons. The molecule has 0 unspecified atom stereocenters. The van der Waals surface area contributed by atoms with E-state index in [0.717, 1.165) is 33.4 Å². The summed E-state index contributed by atoms with van der Waals surface area (Å²) in [5, 5.41) is 4.81. The molecule has 2 heterocycles. The summed E-state index contributed by atoms with van der Waals surface area (Å²) in [5.74, 6) is 1.93.